The fraction of sp³-hybridized carbons (Fsp3) is 0.118. The van der Waals surface area contributed by atoms with Crippen LogP contribution in [0.3, 0.4) is 0 Å². The van der Waals surface area contributed by atoms with E-state index in [1.807, 2.05) is 24.3 Å². The number of rotatable bonds is 6. The summed E-state index contributed by atoms with van der Waals surface area (Å²) >= 11 is 0. The Morgan fingerprint density at radius 2 is 0.684 bits per heavy atom. The fourth-order valence-corrected chi connectivity index (χ4v) is 4.06. The fourth-order valence-electron chi connectivity index (χ4n) is 4.06. The maximum Gasteiger partial charge on any atom is 0.0894 e. The number of hydrogen-bond donors (Lipinski definition) is 2. The van der Waals surface area contributed by atoms with Gasteiger partial charge in [-0.2, -0.15) is 0 Å². The summed E-state index contributed by atoms with van der Waals surface area (Å²) in [6, 6.07) is 33.2. The molecule has 38 heavy (non-hydrogen) atoms. The smallest absolute Gasteiger partial charge is 0.0894 e. The van der Waals surface area contributed by atoms with Crippen LogP contribution in [-0.4, -0.2) is 11.4 Å². The van der Waals surface area contributed by atoms with Crippen LogP contribution in [0.25, 0.3) is 0 Å². The molecule has 4 heteroatoms. The van der Waals surface area contributed by atoms with Crippen molar-refractivity contribution < 1.29 is 0 Å². The molecule has 0 spiro atoms. The van der Waals surface area contributed by atoms with E-state index in [0.29, 0.717) is 0 Å². The van der Waals surface area contributed by atoms with Crippen LogP contribution in [0, 0.1) is 27.7 Å². The van der Waals surface area contributed by atoms with Gasteiger partial charge in [0.1, 0.15) is 0 Å². The Hall–Kier alpha value is -4.70. The largest absolute Gasteiger partial charge is 0.354 e. The van der Waals surface area contributed by atoms with Crippen LogP contribution in [-0.2, 0) is 0 Å². The molecule has 0 saturated heterocycles. The van der Waals surface area contributed by atoms with Crippen molar-refractivity contribution in [1.29, 1.82) is 0 Å². The second-order valence-electron chi connectivity index (χ2n) is 9.76. The average molecular weight is 497 g/mol. The van der Waals surface area contributed by atoms with Crippen molar-refractivity contribution in [2.45, 2.75) is 27.7 Å². The first-order chi connectivity index (χ1) is 18.4. The second-order valence-corrected chi connectivity index (χ2v) is 9.76. The van der Waals surface area contributed by atoms with Crippen molar-refractivity contribution in [2.24, 2.45) is 9.98 Å². The summed E-state index contributed by atoms with van der Waals surface area (Å²) in [6.07, 6.45) is 4.15. The SMILES string of the molecule is Cc1ccc(N=C2C=C(Nc3ccc(C)cc3)C(=Nc3ccc(C)cc3)C=C2Nc2ccc(C)cc2)cc1. The molecule has 4 aromatic rings. The third-order valence-corrected chi connectivity index (χ3v) is 6.34. The highest BCUT2D eigenvalue weighted by molar-refractivity contribution is 6.26. The molecular weight excluding hydrogens is 464 g/mol. The van der Waals surface area contributed by atoms with Gasteiger partial charge < -0.3 is 10.6 Å². The zero-order chi connectivity index (χ0) is 26.5. The molecule has 0 amide bonds. The molecule has 0 aliphatic heterocycles. The number of hydrogen-bond acceptors (Lipinski definition) is 4. The lowest BCUT2D eigenvalue weighted by atomic mass is 10.0. The molecule has 0 saturated carbocycles. The van der Waals surface area contributed by atoms with E-state index in [1.54, 1.807) is 0 Å². The van der Waals surface area contributed by atoms with Crippen molar-refractivity contribution >= 4 is 34.2 Å². The first kappa shape index (κ1) is 25.0. The zero-order valence-electron chi connectivity index (χ0n) is 22.3. The van der Waals surface area contributed by atoms with Crippen molar-refractivity contribution in [2.75, 3.05) is 10.6 Å². The molecule has 5 rings (SSSR count). The summed E-state index contributed by atoms with van der Waals surface area (Å²) in [4.78, 5) is 10.1. The van der Waals surface area contributed by atoms with Crippen molar-refractivity contribution in [3.05, 3.63) is 143 Å². The van der Waals surface area contributed by atoms with Gasteiger partial charge in [-0.15, -0.1) is 0 Å². The van der Waals surface area contributed by atoms with E-state index in [2.05, 4.69) is 123 Å². The van der Waals surface area contributed by atoms with E-state index >= 15 is 0 Å². The summed E-state index contributed by atoms with van der Waals surface area (Å²) in [5.74, 6) is 0. The monoisotopic (exact) mass is 496 g/mol. The number of allylic oxidation sites excluding steroid dienone is 2. The van der Waals surface area contributed by atoms with Crippen molar-refractivity contribution in [1.82, 2.24) is 0 Å². The minimum absolute atomic E-state index is 0.826. The molecule has 188 valence electrons. The molecule has 0 unspecified atom stereocenters. The molecule has 2 N–H and O–H groups in total. The number of aliphatic imine (C=N–C) groups is 2. The summed E-state index contributed by atoms with van der Waals surface area (Å²) < 4.78 is 0. The standard InChI is InChI=1S/C34H32N4/c1-23-5-13-27(14-6-23)35-31-21-33(37-29-17-9-25(3)10-18-29)34(38-30-19-11-26(4)12-20-30)22-32(31)36-28-15-7-24(2)8-16-28/h5-22,35,38H,1-4H3. The number of nitrogens with one attached hydrogen (secondary N) is 2. The van der Waals surface area contributed by atoms with Gasteiger partial charge >= 0.3 is 0 Å². The van der Waals surface area contributed by atoms with E-state index in [1.165, 1.54) is 22.3 Å². The lowest BCUT2D eigenvalue weighted by Crippen LogP contribution is -2.22. The van der Waals surface area contributed by atoms with Crippen molar-refractivity contribution in [3.8, 4) is 0 Å². The van der Waals surface area contributed by atoms with Gasteiger partial charge in [0.25, 0.3) is 0 Å². The van der Waals surface area contributed by atoms with E-state index in [4.69, 9.17) is 9.98 Å². The molecule has 1 aliphatic rings. The zero-order valence-corrected chi connectivity index (χ0v) is 22.3. The van der Waals surface area contributed by atoms with E-state index in [-0.39, 0.29) is 0 Å². The molecular formula is C34H32N4. The number of aryl methyl sites for hydroxylation is 4. The molecule has 0 aromatic heterocycles. The maximum absolute atomic E-state index is 5.03. The Kier molecular flexibility index (Phi) is 7.32. The van der Waals surface area contributed by atoms with Crippen LogP contribution in [0.1, 0.15) is 22.3 Å². The summed E-state index contributed by atoms with van der Waals surface area (Å²) in [5.41, 5.74) is 12.0. The Morgan fingerprint density at radius 1 is 0.395 bits per heavy atom. The lowest BCUT2D eigenvalue weighted by molar-refractivity contribution is 1.38. The van der Waals surface area contributed by atoms with Crippen LogP contribution in [0.2, 0.25) is 0 Å². The predicted octanol–water partition coefficient (Wildman–Crippen LogP) is 8.77. The third-order valence-electron chi connectivity index (χ3n) is 6.34. The van der Waals surface area contributed by atoms with E-state index in [0.717, 1.165) is 45.6 Å². The molecule has 1 aliphatic carbocycles. The maximum atomic E-state index is 5.03. The summed E-state index contributed by atoms with van der Waals surface area (Å²) in [6.45, 7) is 8.34. The van der Waals surface area contributed by atoms with Crippen LogP contribution in [0.5, 0.6) is 0 Å². The Bertz CT molecular complexity index is 1410. The summed E-state index contributed by atoms with van der Waals surface area (Å²) in [7, 11) is 0. The van der Waals surface area contributed by atoms with Crippen LogP contribution in [0.15, 0.2) is 131 Å². The van der Waals surface area contributed by atoms with Gasteiger partial charge in [-0.3, -0.25) is 0 Å². The van der Waals surface area contributed by atoms with Crippen LogP contribution >= 0.6 is 0 Å². The van der Waals surface area contributed by atoms with Crippen LogP contribution < -0.4 is 10.6 Å². The molecule has 0 fully saturated rings. The van der Waals surface area contributed by atoms with Gasteiger partial charge in [0.2, 0.25) is 0 Å². The highest BCUT2D eigenvalue weighted by atomic mass is 15.0. The molecule has 0 heterocycles. The van der Waals surface area contributed by atoms with Gasteiger partial charge in [0.05, 0.1) is 34.2 Å². The van der Waals surface area contributed by atoms with E-state index in [9.17, 15) is 0 Å². The molecule has 4 aromatic carbocycles. The Morgan fingerprint density at radius 3 is 1.00 bits per heavy atom. The molecule has 0 atom stereocenters. The number of benzene rings is 4. The molecule has 4 nitrogen and oxygen atoms in total. The van der Waals surface area contributed by atoms with Crippen LogP contribution in [0.4, 0.5) is 22.7 Å². The summed E-state index contributed by atoms with van der Waals surface area (Å²) in [5, 5.41) is 7.17. The van der Waals surface area contributed by atoms with Gasteiger partial charge in [-0.1, -0.05) is 70.8 Å². The van der Waals surface area contributed by atoms with Crippen molar-refractivity contribution in [3.63, 3.8) is 0 Å². The lowest BCUT2D eigenvalue weighted by Gasteiger charge is -2.21. The Labute approximate surface area is 225 Å². The van der Waals surface area contributed by atoms with Gasteiger partial charge in [-0.25, -0.2) is 9.98 Å². The Balaban J connectivity index is 1.61. The quantitative estimate of drug-likeness (QED) is 0.262. The minimum atomic E-state index is 0.826. The number of nitrogens with zero attached hydrogens (tertiary/aromatic N) is 2. The van der Waals surface area contributed by atoms with E-state index < -0.39 is 0 Å². The molecule has 0 bridgehead atoms. The normalized spacial score (nSPS) is 15.3. The van der Waals surface area contributed by atoms with Gasteiger partial charge in [0.15, 0.2) is 0 Å². The highest BCUT2D eigenvalue weighted by Gasteiger charge is 2.19. The molecule has 0 radical (unpaired) electrons. The topological polar surface area (TPSA) is 48.8 Å². The number of anilines is 2. The van der Waals surface area contributed by atoms with Gasteiger partial charge in [0, 0.05) is 11.4 Å². The first-order valence-electron chi connectivity index (χ1n) is 12.8. The van der Waals surface area contributed by atoms with Gasteiger partial charge in [-0.05, 0) is 88.4 Å². The highest BCUT2D eigenvalue weighted by Crippen LogP contribution is 2.25. The third kappa shape index (κ3) is 6.34. The second kappa shape index (κ2) is 11.1. The predicted molar refractivity (Wildman–Crippen MR) is 162 cm³/mol. The minimum Gasteiger partial charge on any atom is -0.354 e. The first-order valence-corrected chi connectivity index (χ1v) is 12.8. The average Bonchev–Trinajstić information content (AvgIpc) is 2.91.